The molecule has 1 amide bonds. The van der Waals surface area contributed by atoms with Gasteiger partial charge in [-0.15, -0.1) is 0 Å². The van der Waals surface area contributed by atoms with E-state index in [0.717, 1.165) is 43.0 Å². The fraction of sp³-hybridized carbons (Fsp3) is 0.500. The first-order chi connectivity index (χ1) is 13.2. The average Bonchev–Trinajstić information content (AvgIpc) is 3.18. The maximum atomic E-state index is 12.6. The van der Waals surface area contributed by atoms with Gasteiger partial charge < -0.3 is 10.6 Å². The third-order valence-electron chi connectivity index (χ3n) is 5.74. The van der Waals surface area contributed by atoms with Crippen molar-refractivity contribution in [2.24, 2.45) is 0 Å². The van der Waals surface area contributed by atoms with Crippen molar-refractivity contribution in [1.82, 2.24) is 20.6 Å². The van der Waals surface area contributed by atoms with Gasteiger partial charge in [-0.1, -0.05) is 12.1 Å². The topological polar surface area (TPSA) is 66.9 Å². The quantitative estimate of drug-likeness (QED) is 0.856. The van der Waals surface area contributed by atoms with E-state index in [4.69, 9.17) is 0 Å². The molecule has 1 fully saturated rings. The molecule has 27 heavy (non-hydrogen) atoms. The zero-order valence-corrected chi connectivity index (χ0v) is 16.1. The van der Waals surface area contributed by atoms with Crippen LogP contribution in [0.25, 0.3) is 0 Å². The number of hydrogen-bond donors (Lipinski definition) is 2. The molecule has 2 heterocycles. The van der Waals surface area contributed by atoms with Crippen molar-refractivity contribution in [2.45, 2.75) is 51.4 Å². The van der Waals surface area contributed by atoms with Gasteiger partial charge in [-0.05, 0) is 74.8 Å². The summed E-state index contributed by atoms with van der Waals surface area (Å²) < 4.78 is 0. The molecule has 1 atom stereocenters. The van der Waals surface area contributed by atoms with Gasteiger partial charge in [0.1, 0.15) is 5.82 Å². The molecule has 0 radical (unpaired) electrons. The van der Waals surface area contributed by atoms with Crippen LogP contribution in [0.4, 0.5) is 0 Å². The molecule has 0 spiro atoms. The molecule has 2 aliphatic rings. The maximum absolute atomic E-state index is 12.6. The molecule has 1 aliphatic heterocycles. The molecule has 2 N–H and O–H groups in total. The second-order valence-corrected chi connectivity index (χ2v) is 7.68. The Morgan fingerprint density at radius 1 is 1.26 bits per heavy atom. The van der Waals surface area contributed by atoms with Gasteiger partial charge >= 0.3 is 0 Å². The first-order valence-electron chi connectivity index (χ1n) is 10.1. The lowest BCUT2D eigenvalue weighted by molar-refractivity contribution is 0.0954. The smallest absolute Gasteiger partial charge is 0.251 e. The van der Waals surface area contributed by atoms with Gasteiger partial charge in [0.15, 0.2) is 0 Å². The highest BCUT2D eigenvalue weighted by Gasteiger charge is 2.18. The molecular weight excluding hydrogens is 336 g/mol. The molecule has 0 bridgehead atoms. The second kappa shape index (κ2) is 8.17. The predicted octanol–water partition coefficient (Wildman–Crippen LogP) is 2.71. The van der Waals surface area contributed by atoms with Gasteiger partial charge in [0.2, 0.25) is 0 Å². The molecule has 1 aromatic heterocycles. The van der Waals surface area contributed by atoms with E-state index in [1.807, 2.05) is 18.2 Å². The molecule has 5 heteroatoms. The van der Waals surface area contributed by atoms with Crippen molar-refractivity contribution in [1.29, 1.82) is 0 Å². The number of aryl methyl sites for hydroxylation is 2. The van der Waals surface area contributed by atoms with Crippen LogP contribution in [0.1, 0.15) is 63.9 Å². The Morgan fingerprint density at radius 3 is 3.04 bits per heavy atom. The number of nitrogens with one attached hydrogen (secondary N) is 2. The van der Waals surface area contributed by atoms with Crippen LogP contribution in [-0.2, 0) is 19.3 Å². The molecule has 2 aromatic rings. The Hall–Kier alpha value is -2.27. The highest BCUT2D eigenvalue weighted by molar-refractivity contribution is 5.94. The lowest BCUT2D eigenvalue weighted by atomic mass is 9.90. The summed E-state index contributed by atoms with van der Waals surface area (Å²) in [5.41, 5.74) is 5.64. The molecule has 5 nitrogen and oxygen atoms in total. The number of amides is 1. The van der Waals surface area contributed by atoms with E-state index in [9.17, 15) is 4.79 Å². The zero-order chi connectivity index (χ0) is 18.6. The minimum Gasteiger partial charge on any atom is -0.352 e. The number of carbonyl (C=O) groups excluding carboxylic acids is 1. The normalized spacial score (nSPS) is 18.9. The Morgan fingerprint density at radius 2 is 2.19 bits per heavy atom. The minimum atomic E-state index is -0.0153. The van der Waals surface area contributed by atoms with E-state index >= 15 is 0 Å². The number of hydrogen-bond acceptors (Lipinski definition) is 4. The number of fused-ring (bicyclic) bond motifs is 1. The van der Waals surface area contributed by atoms with Gasteiger partial charge in [-0.3, -0.25) is 4.79 Å². The number of aromatic nitrogens is 2. The molecular formula is C22H28N4O. The van der Waals surface area contributed by atoms with Crippen LogP contribution >= 0.6 is 0 Å². The molecule has 142 valence electrons. The van der Waals surface area contributed by atoms with Crippen LogP contribution in [0.5, 0.6) is 0 Å². The number of benzene rings is 1. The molecule has 4 rings (SSSR count). The summed E-state index contributed by atoms with van der Waals surface area (Å²) >= 11 is 0. The van der Waals surface area contributed by atoms with Crippen molar-refractivity contribution in [3.05, 3.63) is 58.2 Å². The molecule has 0 saturated carbocycles. The minimum absolute atomic E-state index is 0.0153. The van der Waals surface area contributed by atoms with Crippen LogP contribution in [0.3, 0.4) is 0 Å². The third kappa shape index (κ3) is 4.19. The van der Waals surface area contributed by atoms with Crippen LogP contribution < -0.4 is 10.6 Å². The van der Waals surface area contributed by atoms with Gasteiger partial charge in [0.05, 0.1) is 0 Å². The molecule has 0 unspecified atom stereocenters. The summed E-state index contributed by atoms with van der Waals surface area (Å²) in [6.45, 7) is 4.73. The molecule has 1 saturated heterocycles. The van der Waals surface area contributed by atoms with Crippen molar-refractivity contribution in [3.8, 4) is 0 Å². The third-order valence-corrected chi connectivity index (χ3v) is 5.74. The summed E-state index contributed by atoms with van der Waals surface area (Å²) in [5.74, 6) is 1.34. The number of rotatable bonds is 5. The van der Waals surface area contributed by atoms with E-state index in [1.165, 1.54) is 36.1 Å². The van der Waals surface area contributed by atoms with Gasteiger partial charge in [-0.25, -0.2) is 9.97 Å². The van der Waals surface area contributed by atoms with Crippen molar-refractivity contribution in [3.63, 3.8) is 0 Å². The monoisotopic (exact) mass is 364 g/mol. The Kier molecular flexibility index (Phi) is 5.48. The van der Waals surface area contributed by atoms with Gasteiger partial charge in [-0.2, -0.15) is 0 Å². The number of nitrogens with zero attached hydrogens (tertiary/aromatic N) is 2. The van der Waals surface area contributed by atoms with Crippen molar-refractivity contribution < 1.29 is 4.79 Å². The predicted molar refractivity (Wildman–Crippen MR) is 106 cm³/mol. The van der Waals surface area contributed by atoms with E-state index in [0.29, 0.717) is 18.9 Å². The summed E-state index contributed by atoms with van der Waals surface area (Å²) in [6, 6.07) is 8.07. The number of carbonyl (C=O) groups is 1. The summed E-state index contributed by atoms with van der Waals surface area (Å²) in [4.78, 5) is 21.9. The highest BCUT2D eigenvalue weighted by Crippen LogP contribution is 2.24. The summed E-state index contributed by atoms with van der Waals surface area (Å²) in [5, 5.41) is 6.47. The van der Waals surface area contributed by atoms with E-state index in [-0.39, 0.29) is 5.91 Å². The highest BCUT2D eigenvalue weighted by atomic mass is 16.1. The fourth-order valence-electron chi connectivity index (χ4n) is 4.25. The van der Waals surface area contributed by atoms with Crippen molar-refractivity contribution >= 4 is 5.91 Å². The lowest BCUT2D eigenvalue weighted by Crippen LogP contribution is -2.29. The van der Waals surface area contributed by atoms with E-state index < -0.39 is 0 Å². The number of piperidine rings is 1. The van der Waals surface area contributed by atoms with E-state index in [2.05, 4.69) is 33.6 Å². The van der Waals surface area contributed by atoms with Gasteiger partial charge in [0.25, 0.3) is 5.91 Å². The van der Waals surface area contributed by atoms with Crippen molar-refractivity contribution in [2.75, 3.05) is 19.6 Å². The largest absolute Gasteiger partial charge is 0.352 e. The Labute approximate surface area is 161 Å². The standard InChI is InChI=1S/C22H28N4O/c1-15-19-8-3-9-20(19)26-21(25-15)10-12-24-22(27)17-6-2-5-16(13-17)18-7-4-11-23-14-18/h2,5-6,13,18,23H,3-4,7-12,14H2,1H3,(H,24,27)/t18-/m0/s1. The van der Waals surface area contributed by atoms with E-state index in [1.54, 1.807) is 0 Å². The summed E-state index contributed by atoms with van der Waals surface area (Å²) in [6.07, 6.45) is 6.39. The Balaban J connectivity index is 1.35. The van der Waals surface area contributed by atoms with Gasteiger partial charge in [0, 0.05) is 36.5 Å². The average molecular weight is 364 g/mol. The fourth-order valence-corrected chi connectivity index (χ4v) is 4.25. The maximum Gasteiger partial charge on any atom is 0.251 e. The molecule has 1 aromatic carbocycles. The lowest BCUT2D eigenvalue weighted by Gasteiger charge is -2.23. The molecule has 1 aliphatic carbocycles. The SMILES string of the molecule is Cc1nc(CCNC(=O)c2cccc([C@H]3CCCNC3)c2)nc2c1CCC2. The zero-order valence-electron chi connectivity index (χ0n) is 16.1. The second-order valence-electron chi connectivity index (χ2n) is 7.68. The van der Waals surface area contributed by atoms with Crippen LogP contribution in [0.2, 0.25) is 0 Å². The van der Waals surface area contributed by atoms with Crippen LogP contribution in [0.15, 0.2) is 24.3 Å². The van der Waals surface area contributed by atoms with Crippen LogP contribution in [-0.4, -0.2) is 35.5 Å². The summed E-state index contributed by atoms with van der Waals surface area (Å²) in [7, 11) is 0. The first-order valence-corrected chi connectivity index (χ1v) is 10.1. The van der Waals surface area contributed by atoms with Crippen LogP contribution in [0, 0.1) is 6.92 Å². The Bertz CT molecular complexity index is 827. The first kappa shape index (κ1) is 18.1.